The Morgan fingerprint density at radius 3 is 3.31 bits per heavy atom. The normalized spacial score (nSPS) is 19.3. The number of aromatic nitrogens is 2. The van der Waals surface area contributed by atoms with Crippen LogP contribution in [0.1, 0.15) is 35.4 Å². The summed E-state index contributed by atoms with van der Waals surface area (Å²) in [4.78, 5) is 15.3. The van der Waals surface area contributed by atoms with E-state index >= 15 is 0 Å². The third kappa shape index (κ3) is 2.17. The molecule has 1 aliphatic heterocycles. The van der Waals surface area contributed by atoms with E-state index in [1.807, 2.05) is 0 Å². The van der Waals surface area contributed by atoms with Crippen LogP contribution in [0.5, 0.6) is 0 Å². The smallest absolute Gasteiger partial charge is 0.293 e. The molecule has 2 rings (SSSR count). The van der Waals surface area contributed by atoms with Crippen LogP contribution in [0.4, 0.5) is 0 Å². The summed E-state index contributed by atoms with van der Waals surface area (Å²) in [6.07, 6.45) is 1.99. The van der Waals surface area contributed by atoms with Gasteiger partial charge in [0.1, 0.15) is 6.54 Å². The number of nitrogens with zero attached hydrogens (tertiary/aromatic N) is 3. The summed E-state index contributed by atoms with van der Waals surface area (Å²) >= 11 is 0. The van der Waals surface area contributed by atoms with E-state index in [0.29, 0.717) is 5.89 Å². The van der Waals surface area contributed by atoms with Crippen molar-refractivity contribution in [2.75, 3.05) is 13.1 Å². The van der Waals surface area contributed by atoms with Crippen molar-refractivity contribution in [3.63, 3.8) is 0 Å². The minimum Gasteiger partial charge on any atom is -0.337 e. The fourth-order valence-corrected chi connectivity index (χ4v) is 1.56. The van der Waals surface area contributed by atoms with Gasteiger partial charge in [-0.15, -0.1) is 0 Å². The van der Waals surface area contributed by atoms with E-state index < -0.39 is 5.91 Å². The maximum atomic E-state index is 11.4. The molecule has 1 fully saturated rings. The number of hydrogen-bond acceptors (Lipinski definition) is 6. The highest BCUT2D eigenvalue weighted by Crippen LogP contribution is 2.20. The van der Waals surface area contributed by atoms with E-state index in [-0.39, 0.29) is 18.4 Å². The van der Waals surface area contributed by atoms with Crippen LogP contribution in [0.2, 0.25) is 0 Å². The van der Waals surface area contributed by atoms with Crippen LogP contribution >= 0.6 is 0 Å². The average Bonchev–Trinajstić information content (AvgIpc) is 2.94. The molecule has 7 heteroatoms. The second-order valence-corrected chi connectivity index (χ2v) is 3.45. The highest BCUT2D eigenvalue weighted by Gasteiger charge is 2.23. The van der Waals surface area contributed by atoms with Crippen LogP contribution in [0.25, 0.3) is 0 Å². The van der Waals surface area contributed by atoms with Gasteiger partial charge in [-0.05, 0) is 19.4 Å². The Hall–Kier alpha value is -1.94. The van der Waals surface area contributed by atoms with E-state index in [4.69, 9.17) is 9.78 Å². The summed E-state index contributed by atoms with van der Waals surface area (Å²) in [5.74, 6) is -0.0897. The van der Waals surface area contributed by atoms with E-state index in [1.54, 1.807) is 6.07 Å². The van der Waals surface area contributed by atoms with Gasteiger partial charge in [-0.25, -0.2) is 0 Å². The molecule has 0 aromatic carbocycles. The number of carbonyl (C=O) groups is 1. The lowest BCUT2D eigenvalue weighted by atomic mass is 10.2. The quantitative estimate of drug-likeness (QED) is 0.682. The molecular weight excluding hydrogens is 210 g/mol. The summed E-state index contributed by atoms with van der Waals surface area (Å²) in [5.41, 5.74) is 0. The van der Waals surface area contributed by atoms with E-state index in [1.165, 1.54) is 0 Å². The molecule has 2 N–H and O–H groups in total. The molecule has 1 aromatic heterocycles. The zero-order valence-electron chi connectivity index (χ0n) is 8.56. The van der Waals surface area contributed by atoms with E-state index in [9.17, 15) is 4.79 Å². The third-order valence-corrected chi connectivity index (χ3v) is 2.33. The highest BCUT2D eigenvalue weighted by molar-refractivity contribution is 5.90. The Bertz CT molecular complexity index is 416. The molecule has 16 heavy (non-hydrogen) atoms. The summed E-state index contributed by atoms with van der Waals surface area (Å²) < 4.78 is 4.98. The number of nitrogens with one attached hydrogen (secondary N) is 2. The Morgan fingerprint density at radius 2 is 2.62 bits per heavy atom. The van der Waals surface area contributed by atoms with Crippen LogP contribution in [-0.2, 0) is 0 Å². The van der Waals surface area contributed by atoms with E-state index in [0.717, 1.165) is 19.4 Å². The molecule has 0 saturated carbocycles. The Kier molecular flexibility index (Phi) is 3.12. The van der Waals surface area contributed by atoms with Gasteiger partial charge >= 0.3 is 0 Å². The predicted octanol–water partition coefficient (Wildman–Crippen LogP) is -0.253. The first-order valence-electron chi connectivity index (χ1n) is 5.03. The fourth-order valence-electron chi connectivity index (χ4n) is 1.56. The van der Waals surface area contributed by atoms with Gasteiger partial charge in [-0.3, -0.25) is 4.79 Å². The van der Waals surface area contributed by atoms with Gasteiger partial charge in [0, 0.05) is 0 Å². The number of nitriles is 1. The fraction of sp³-hybridized carbons (Fsp3) is 0.556. The molecule has 1 saturated heterocycles. The van der Waals surface area contributed by atoms with Crippen LogP contribution in [0, 0.1) is 11.3 Å². The average molecular weight is 221 g/mol. The maximum absolute atomic E-state index is 11.4. The van der Waals surface area contributed by atoms with Crippen molar-refractivity contribution in [2.24, 2.45) is 0 Å². The zero-order valence-corrected chi connectivity index (χ0v) is 8.56. The number of hydrogen-bond donors (Lipinski definition) is 2. The first-order chi connectivity index (χ1) is 7.81. The highest BCUT2D eigenvalue weighted by atomic mass is 16.5. The van der Waals surface area contributed by atoms with Gasteiger partial charge in [-0.2, -0.15) is 10.2 Å². The van der Waals surface area contributed by atoms with Crippen molar-refractivity contribution in [3.8, 4) is 6.07 Å². The van der Waals surface area contributed by atoms with Gasteiger partial charge in [0.05, 0.1) is 12.1 Å². The lowest BCUT2D eigenvalue weighted by Crippen LogP contribution is -2.24. The maximum Gasteiger partial charge on any atom is 0.293 e. The largest absolute Gasteiger partial charge is 0.337 e. The number of amides is 1. The van der Waals surface area contributed by atoms with Gasteiger partial charge in [0.2, 0.25) is 5.89 Å². The third-order valence-electron chi connectivity index (χ3n) is 2.33. The number of carbonyl (C=O) groups excluding carboxylic acids is 1. The molecule has 1 aliphatic rings. The number of rotatable bonds is 3. The molecule has 1 aromatic rings. The molecule has 1 unspecified atom stereocenters. The second-order valence-electron chi connectivity index (χ2n) is 3.45. The molecule has 84 valence electrons. The van der Waals surface area contributed by atoms with E-state index in [2.05, 4.69) is 20.8 Å². The second kappa shape index (κ2) is 4.72. The Balaban J connectivity index is 2.01. The molecule has 0 bridgehead atoms. The summed E-state index contributed by atoms with van der Waals surface area (Å²) in [6.45, 7) is 0.855. The standard InChI is InChI=1S/C9H11N5O2/c10-3-5-12-8(15)7-13-9(16-14-7)6-2-1-4-11-6/h6,11H,1-2,4-5H2,(H,12,15). The van der Waals surface area contributed by atoms with Crippen LogP contribution in [-0.4, -0.2) is 29.1 Å². The van der Waals surface area contributed by atoms with Gasteiger partial charge in [0.15, 0.2) is 0 Å². The minimum atomic E-state index is -0.491. The molecule has 0 radical (unpaired) electrons. The molecule has 0 aliphatic carbocycles. The first-order valence-corrected chi connectivity index (χ1v) is 5.03. The molecule has 7 nitrogen and oxygen atoms in total. The van der Waals surface area contributed by atoms with Crippen molar-refractivity contribution in [1.29, 1.82) is 5.26 Å². The van der Waals surface area contributed by atoms with Crippen molar-refractivity contribution in [2.45, 2.75) is 18.9 Å². The lowest BCUT2D eigenvalue weighted by Gasteiger charge is -2.01. The SMILES string of the molecule is N#CCNC(=O)c1noc(C2CCCN2)n1. The first kappa shape index (κ1) is 10.6. The molecule has 0 spiro atoms. The topological polar surface area (TPSA) is 104 Å². The van der Waals surface area contributed by atoms with Crippen LogP contribution in [0.3, 0.4) is 0 Å². The Morgan fingerprint density at radius 1 is 1.75 bits per heavy atom. The summed E-state index contributed by atoms with van der Waals surface area (Å²) in [6, 6.07) is 1.85. The molecular formula is C9H11N5O2. The summed E-state index contributed by atoms with van der Waals surface area (Å²) in [7, 11) is 0. The van der Waals surface area contributed by atoms with Gasteiger partial charge in [-0.1, -0.05) is 5.16 Å². The predicted molar refractivity (Wildman–Crippen MR) is 52.2 cm³/mol. The van der Waals surface area contributed by atoms with Crippen molar-refractivity contribution < 1.29 is 9.32 Å². The minimum absolute atomic E-state index is 0.0288. The van der Waals surface area contributed by atoms with Gasteiger partial charge in [0.25, 0.3) is 11.7 Å². The molecule has 1 amide bonds. The van der Waals surface area contributed by atoms with Crippen molar-refractivity contribution in [3.05, 3.63) is 11.7 Å². The lowest BCUT2D eigenvalue weighted by molar-refractivity contribution is 0.0945. The van der Waals surface area contributed by atoms with Crippen molar-refractivity contribution in [1.82, 2.24) is 20.8 Å². The zero-order chi connectivity index (χ0) is 11.4. The van der Waals surface area contributed by atoms with Crippen LogP contribution < -0.4 is 10.6 Å². The van der Waals surface area contributed by atoms with Gasteiger partial charge < -0.3 is 15.2 Å². The summed E-state index contributed by atoms with van der Waals surface area (Å²) in [5, 5.41) is 17.4. The molecule has 2 heterocycles. The van der Waals surface area contributed by atoms with Crippen molar-refractivity contribution >= 4 is 5.91 Å². The Labute approximate surface area is 91.8 Å². The monoisotopic (exact) mass is 221 g/mol. The van der Waals surface area contributed by atoms with Crippen LogP contribution in [0.15, 0.2) is 4.52 Å². The molecule has 1 atom stereocenters.